The van der Waals surface area contributed by atoms with E-state index in [1.807, 2.05) is 54.6 Å². The van der Waals surface area contributed by atoms with Gasteiger partial charge in [0, 0.05) is 22.0 Å². The zero-order chi connectivity index (χ0) is 19.0. The molecule has 0 bridgehead atoms. The summed E-state index contributed by atoms with van der Waals surface area (Å²) in [6.45, 7) is 0.538. The smallest absolute Gasteiger partial charge is 0.255 e. The van der Waals surface area contributed by atoms with Crippen molar-refractivity contribution in [2.45, 2.75) is 18.9 Å². The van der Waals surface area contributed by atoms with Crippen LogP contribution in [0.4, 0.5) is 0 Å². The number of hydrogen-bond acceptors (Lipinski definition) is 3. The number of rotatable bonds is 3. The Kier molecular flexibility index (Phi) is 4.66. The first-order valence-electron chi connectivity index (χ1n) is 8.80. The Morgan fingerprint density at radius 3 is 2.59 bits per heavy atom. The number of hydrogen-bond donors (Lipinski definition) is 1. The average Bonchev–Trinajstić information content (AvgIpc) is 3.17. The van der Waals surface area contributed by atoms with Crippen LogP contribution in [0.2, 0.25) is 0 Å². The van der Waals surface area contributed by atoms with Gasteiger partial charge in [-0.15, -0.1) is 0 Å². The molecule has 2 heterocycles. The number of carbonyl (C=O) groups is 2. The predicted molar refractivity (Wildman–Crippen MR) is 108 cm³/mol. The summed E-state index contributed by atoms with van der Waals surface area (Å²) in [5, 5.41) is 0.776. The lowest BCUT2D eigenvalue weighted by Crippen LogP contribution is -2.43. The van der Waals surface area contributed by atoms with Crippen LogP contribution in [-0.2, 0) is 4.79 Å². The standard InChI is InChI=1S/C21H18BrN3O2/c22-14-9-7-13(8-10-14)18-12-16(15-4-1-2-5-17(15)24-18)21(27)25-11-3-6-19(25)20(23)26/h1-2,4-5,7-10,12,19H,3,6,11H2,(H2,23,26). The van der Waals surface area contributed by atoms with E-state index in [0.717, 1.165) is 33.1 Å². The van der Waals surface area contributed by atoms with Crippen LogP contribution in [0.3, 0.4) is 0 Å². The second-order valence-corrected chi connectivity index (χ2v) is 7.55. The van der Waals surface area contributed by atoms with E-state index in [2.05, 4.69) is 15.9 Å². The summed E-state index contributed by atoms with van der Waals surface area (Å²) in [7, 11) is 0. The minimum absolute atomic E-state index is 0.173. The Morgan fingerprint density at radius 1 is 1.11 bits per heavy atom. The molecule has 2 N–H and O–H groups in total. The monoisotopic (exact) mass is 423 g/mol. The van der Waals surface area contributed by atoms with Crippen LogP contribution >= 0.6 is 15.9 Å². The van der Waals surface area contributed by atoms with E-state index >= 15 is 0 Å². The Hall–Kier alpha value is -2.73. The lowest BCUT2D eigenvalue weighted by molar-refractivity contribution is -0.121. The topological polar surface area (TPSA) is 76.3 Å². The molecule has 2 amide bonds. The van der Waals surface area contributed by atoms with Gasteiger partial charge in [-0.3, -0.25) is 9.59 Å². The number of nitrogens with two attached hydrogens (primary N) is 1. The Labute approximate surface area is 165 Å². The number of fused-ring (bicyclic) bond motifs is 1. The van der Waals surface area contributed by atoms with Crippen molar-refractivity contribution in [3.8, 4) is 11.3 Å². The van der Waals surface area contributed by atoms with Gasteiger partial charge in [0.1, 0.15) is 6.04 Å². The molecule has 1 saturated heterocycles. The Bertz CT molecular complexity index is 1030. The highest BCUT2D eigenvalue weighted by Gasteiger charge is 2.34. The van der Waals surface area contributed by atoms with Crippen LogP contribution in [0.25, 0.3) is 22.2 Å². The minimum atomic E-state index is -0.541. The van der Waals surface area contributed by atoms with Gasteiger partial charge in [-0.05, 0) is 37.1 Å². The van der Waals surface area contributed by atoms with Gasteiger partial charge in [0.2, 0.25) is 5.91 Å². The fraction of sp³-hybridized carbons (Fsp3) is 0.190. The van der Waals surface area contributed by atoms with Gasteiger partial charge in [-0.1, -0.05) is 46.3 Å². The van der Waals surface area contributed by atoms with Crippen LogP contribution in [0.15, 0.2) is 59.1 Å². The van der Waals surface area contributed by atoms with Crippen molar-refractivity contribution in [3.05, 3.63) is 64.6 Å². The van der Waals surface area contributed by atoms with E-state index in [-0.39, 0.29) is 5.91 Å². The third-order valence-electron chi connectivity index (χ3n) is 4.93. The Morgan fingerprint density at radius 2 is 1.85 bits per heavy atom. The van der Waals surface area contributed by atoms with E-state index in [0.29, 0.717) is 18.5 Å². The lowest BCUT2D eigenvalue weighted by atomic mass is 10.0. The van der Waals surface area contributed by atoms with Crippen molar-refractivity contribution in [2.75, 3.05) is 6.54 Å². The second-order valence-electron chi connectivity index (χ2n) is 6.64. The van der Waals surface area contributed by atoms with Crippen LogP contribution in [0.5, 0.6) is 0 Å². The number of likely N-dealkylation sites (tertiary alicyclic amines) is 1. The number of aromatic nitrogens is 1. The molecule has 6 heteroatoms. The van der Waals surface area contributed by atoms with E-state index in [9.17, 15) is 9.59 Å². The number of amides is 2. The zero-order valence-corrected chi connectivity index (χ0v) is 16.1. The summed E-state index contributed by atoms with van der Waals surface area (Å²) in [5.41, 5.74) is 8.44. The summed E-state index contributed by atoms with van der Waals surface area (Å²) in [6, 6.07) is 16.6. The molecular weight excluding hydrogens is 406 g/mol. The predicted octanol–water partition coefficient (Wildman–Crippen LogP) is 3.75. The summed E-state index contributed by atoms with van der Waals surface area (Å²) in [6.07, 6.45) is 1.39. The number of para-hydroxylation sites is 1. The number of primary amides is 1. The molecule has 0 radical (unpaired) electrons. The molecule has 1 aliphatic rings. The first-order chi connectivity index (χ1) is 13.0. The molecule has 0 aliphatic carbocycles. The Balaban J connectivity index is 1.85. The van der Waals surface area contributed by atoms with Gasteiger partial charge in [-0.2, -0.15) is 0 Å². The lowest BCUT2D eigenvalue weighted by Gasteiger charge is -2.23. The van der Waals surface area contributed by atoms with Gasteiger partial charge in [-0.25, -0.2) is 4.98 Å². The van der Waals surface area contributed by atoms with Gasteiger partial charge in [0.15, 0.2) is 0 Å². The van der Waals surface area contributed by atoms with Crippen molar-refractivity contribution in [2.24, 2.45) is 5.73 Å². The van der Waals surface area contributed by atoms with Crippen molar-refractivity contribution in [1.82, 2.24) is 9.88 Å². The maximum absolute atomic E-state index is 13.3. The van der Waals surface area contributed by atoms with Gasteiger partial charge in [0.05, 0.1) is 16.8 Å². The van der Waals surface area contributed by atoms with Crippen molar-refractivity contribution < 1.29 is 9.59 Å². The van der Waals surface area contributed by atoms with Gasteiger partial charge >= 0.3 is 0 Å². The number of pyridine rings is 1. The SMILES string of the molecule is NC(=O)C1CCCN1C(=O)c1cc(-c2ccc(Br)cc2)nc2ccccc12. The zero-order valence-electron chi connectivity index (χ0n) is 14.6. The van der Waals surface area contributed by atoms with E-state index in [4.69, 9.17) is 10.7 Å². The van der Waals surface area contributed by atoms with E-state index < -0.39 is 11.9 Å². The molecule has 0 spiro atoms. The van der Waals surface area contributed by atoms with Crippen LogP contribution in [0, 0.1) is 0 Å². The summed E-state index contributed by atoms with van der Waals surface area (Å²) >= 11 is 3.44. The van der Waals surface area contributed by atoms with Gasteiger partial charge < -0.3 is 10.6 Å². The molecule has 4 rings (SSSR count). The molecule has 3 aromatic rings. The fourth-order valence-electron chi connectivity index (χ4n) is 3.58. The molecule has 1 aliphatic heterocycles. The molecule has 5 nitrogen and oxygen atoms in total. The summed E-state index contributed by atoms with van der Waals surface area (Å²) in [5.74, 6) is -0.624. The first kappa shape index (κ1) is 17.7. The fourth-order valence-corrected chi connectivity index (χ4v) is 3.85. The maximum atomic E-state index is 13.3. The third-order valence-corrected chi connectivity index (χ3v) is 5.46. The number of carbonyl (C=O) groups excluding carboxylic acids is 2. The highest BCUT2D eigenvalue weighted by molar-refractivity contribution is 9.10. The third kappa shape index (κ3) is 3.32. The quantitative estimate of drug-likeness (QED) is 0.696. The molecule has 1 atom stereocenters. The van der Waals surface area contributed by atoms with E-state index in [1.165, 1.54) is 0 Å². The minimum Gasteiger partial charge on any atom is -0.368 e. The number of nitrogens with zero attached hydrogens (tertiary/aromatic N) is 2. The largest absolute Gasteiger partial charge is 0.368 e. The molecule has 1 fully saturated rings. The summed E-state index contributed by atoms with van der Waals surface area (Å²) in [4.78, 5) is 31.4. The average molecular weight is 424 g/mol. The molecule has 136 valence electrons. The number of benzene rings is 2. The molecular formula is C21H18BrN3O2. The van der Waals surface area contributed by atoms with Gasteiger partial charge in [0.25, 0.3) is 5.91 Å². The molecule has 0 saturated carbocycles. The molecule has 1 aromatic heterocycles. The van der Waals surface area contributed by atoms with Crippen molar-refractivity contribution in [3.63, 3.8) is 0 Å². The van der Waals surface area contributed by atoms with Crippen LogP contribution < -0.4 is 5.73 Å². The number of halogens is 1. The highest BCUT2D eigenvalue weighted by atomic mass is 79.9. The second kappa shape index (κ2) is 7.12. The van der Waals surface area contributed by atoms with Crippen molar-refractivity contribution >= 4 is 38.6 Å². The molecule has 2 aromatic carbocycles. The maximum Gasteiger partial charge on any atom is 0.255 e. The first-order valence-corrected chi connectivity index (χ1v) is 9.60. The van der Waals surface area contributed by atoms with E-state index in [1.54, 1.807) is 4.90 Å². The van der Waals surface area contributed by atoms with Crippen molar-refractivity contribution in [1.29, 1.82) is 0 Å². The summed E-state index contributed by atoms with van der Waals surface area (Å²) < 4.78 is 0.977. The van der Waals surface area contributed by atoms with Crippen LogP contribution in [-0.4, -0.2) is 34.3 Å². The molecule has 27 heavy (non-hydrogen) atoms. The highest BCUT2D eigenvalue weighted by Crippen LogP contribution is 2.28. The normalized spacial score (nSPS) is 16.6. The van der Waals surface area contributed by atoms with Crippen LogP contribution in [0.1, 0.15) is 23.2 Å². The molecule has 1 unspecified atom stereocenters.